The smallest absolute Gasteiger partial charge is 0.280 e. The van der Waals surface area contributed by atoms with Crippen LogP contribution in [0.1, 0.15) is 16.7 Å². The third kappa shape index (κ3) is 4.59. The molecule has 0 spiro atoms. The summed E-state index contributed by atoms with van der Waals surface area (Å²) in [7, 11) is 0. The van der Waals surface area contributed by atoms with Crippen molar-refractivity contribution < 1.29 is 23.9 Å². The largest absolute Gasteiger partial charge is 0.491 e. The maximum Gasteiger partial charge on any atom is 0.280 e. The van der Waals surface area contributed by atoms with Crippen LogP contribution in [0.4, 0.5) is 5.69 Å². The second-order valence-corrected chi connectivity index (χ2v) is 6.26. The average molecular weight is 384 g/mol. The number of nitro groups is 1. The summed E-state index contributed by atoms with van der Waals surface area (Å²) in [5.74, 6) is 1.12. The van der Waals surface area contributed by atoms with E-state index in [0.29, 0.717) is 24.7 Å². The van der Waals surface area contributed by atoms with Gasteiger partial charge in [-0.1, -0.05) is 17.7 Å². The molecular formula is C20H20N2O6. The molecule has 1 N–H and O–H groups in total. The first-order valence-electron chi connectivity index (χ1n) is 8.68. The van der Waals surface area contributed by atoms with Crippen molar-refractivity contribution in [1.82, 2.24) is 5.32 Å². The SMILES string of the molecule is Cc1ccc(OCCNC(=O)/C=C/c2cc3c(cc2[N+](=O)[O-])OCO3)c(C)c1. The van der Waals surface area contributed by atoms with Crippen molar-refractivity contribution in [2.75, 3.05) is 19.9 Å². The highest BCUT2D eigenvalue weighted by Crippen LogP contribution is 2.38. The number of benzene rings is 2. The molecule has 0 atom stereocenters. The summed E-state index contributed by atoms with van der Waals surface area (Å²) < 4.78 is 16.0. The number of fused-ring (bicyclic) bond motifs is 1. The van der Waals surface area contributed by atoms with Crippen LogP contribution in [0, 0.1) is 24.0 Å². The van der Waals surface area contributed by atoms with Gasteiger partial charge < -0.3 is 19.5 Å². The first-order chi connectivity index (χ1) is 13.4. The van der Waals surface area contributed by atoms with Gasteiger partial charge in [-0.15, -0.1) is 0 Å². The van der Waals surface area contributed by atoms with Crippen LogP contribution < -0.4 is 19.5 Å². The molecule has 0 aromatic heterocycles. The topological polar surface area (TPSA) is 99.9 Å². The molecule has 0 saturated heterocycles. The molecule has 1 amide bonds. The Labute approximate surface area is 161 Å². The van der Waals surface area contributed by atoms with Crippen molar-refractivity contribution in [2.24, 2.45) is 0 Å². The molecular weight excluding hydrogens is 364 g/mol. The van der Waals surface area contributed by atoms with Crippen LogP contribution in [0.2, 0.25) is 0 Å². The molecule has 1 heterocycles. The molecule has 0 radical (unpaired) electrons. The van der Waals surface area contributed by atoms with Gasteiger partial charge in [0.05, 0.1) is 23.1 Å². The van der Waals surface area contributed by atoms with Crippen molar-refractivity contribution in [3.63, 3.8) is 0 Å². The molecule has 8 nitrogen and oxygen atoms in total. The van der Waals surface area contributed by atoms with Crippen molar-refractivity contribution in [2.45, 2.75) is 13.8 Å². The molecule has 0 fully saturated rings. The molecule has 28 heavy (non-hydrogen) atoms. The van der Waals surface area contributed by atoms with Gasteiger partial charge in [0.2, 0.25) is 12.7 Å². The summed E-state index contributed by atoms with van der Waals surface area (Å²) in [4.78, 5) is 22.7. The van der Waals surface area contributed by atoms with E-state index in [1.807, 2.05) is 32.0 Å². The lowest BCUT2D eigenvalue weighted by atomic mass is 10.1. The van der Waals surface area contributed by atoms with Gasteiger partial charge in [0, 0.05) is 6.08 Å². The summed E-state index contributed by atoms with van der Waals surface area (Å²) in [6.07, 6.45) is 2.61. The molecule has 0 bridgehead atoms. The number of nitrogens with one attached hydrogen (secondary N) is 1. The number of carbonyl (C=O) groups is 1. The Morgan fingerprint density at radius 2 is 2.00 bits per heavy atom. The highest BCUT2D eigenvalue weighted by Gasteiger charge is 2.22. The minimum Gasteiger partial charge on any atom is -0.491 e. The molecule has 1 aliphatic rings. The first-order valence-corrected chi connectivity index (χ1v) is 8.68. The monoisotopic (exact) mass is 384 g/mol. The number of carbonyl (C=O) groups excluding carboxylic acids is 1. The van der Waals surface area contributed by atoms with Gasteiger partial charge >= 0.3 is 0 Å². The van der Waals surface area contributed by atoms with Crippen molar-refractivity contribution >= 4 is 17.7 Å². The van der Waals surface area contributed by atoms with E-state index < -0.39 is 4.92 Å². The van der Waals surface area contributed by atoms with Gasteiger partial charge in [-0.05, 0) is 37.6 Å². The van der Waals surface area contributed by atoms with Crippen LogP contribution in [-0.4, -0.2) is 30.8 Å². The first kappa shape index (κ1) is 19.2. The number of ether oxygens (including phenoxy) is 3. The highest BCUT2D eigenvalue weighted by atomic mass is 16.7. The lowest BCUT2D eigenvalue weighted by molar-refractivity contribution is -0.385. The fraction of sp³-hybridized carbons (Fsp3) is 0.250. The number of amides is 1. The van der Waals surface area contributed by atoms with Gasteiger partial charge in [-0.2, -0.15) is 0 Å². The Bertz CT molecular complexity index is 939. The molecule has 2 aromatic carbocycles. The predicted octanol–water partition coefficient (Wildman–Crippen LogP) is 3.15. The maximum absolute atomic E-state index is 12.0. The maximum atomic E-state index is 12.0. The van der Waals surface area contributed by atoms with Gasteiger partial charge in [0.25, 0.3) is 5.69 Å². The van der Waals surface area contributed by atoms with Crippen LogP contribution in [0.25, 0.3) is 6.08 Å². The fourth-order valence-corrected chi connectivity index (χ4v) is 2.76. The number of nitro benzene ring substituents is 1. The second-order valence-electron chi connectivity index (χ2n) is 6.26. The Hall–Kier alpha value is -3.55. The number of hydrogen-bond acceptors (Lipinski definition) is 6. The zero-order valence-corrected chi connectivity index (χ0v) is 15.6. The predicted molar refractivity (Wildman–Crippen MR) is 103 cm³/mol. The molecule has 146 valence electrons. The normalized spacial score (nSPS) is 12.2. The van der Waals surface area contributed by atoms with Crippen LogP contribution in [0.5, 0.6) is 17.2 Å². The lowest BCUT2D eigenvalue weighted by Crippen LogP contribution is -2.26. The van der Waals surface area contributed by atoms with E-state index in [2.05, 4.69) is 5.32 Å². The zero-order valence-electron chi connectivity index (χ0n) is 15.6. The average Bonchev–Trinajstić information content (AvgIpc) is 3.11. The minimum absolute atomic E-state index is 0.0145. The quantitative estimate of drug-likeness (QED) is 0.341. The van der Waals surface area contributed by atoms with E-state index in [-0.39, 0.29) is 24.0 Å². The number of rotatable bonds is 7. The van der Waals surface area contributed by atoms with E-state index in [1.165, 1.54) is 24.3 Å². The second kappa shape index (κ2) is 8.43. The number of aryl methyl sites for hydroxylation is 2. The fourth-order valence-electron chi connectivity index (χ4n) is 2.76. The molecule has 0 unspecified atom stereocenters. The van der Waals surface area contributed by atoms with E-state index in [1.54, 1.807) is 0 Å². The Morgan fingerprint density at radius 3 is 2.71 bits per heavy atom. The third-order valence-electron chi connectivity index (χ3n) is 4.12. The Morgan fingerprint density at radius 1 is 1.25 bits per heavy atom. The van der Waals surface area contributed by atoms with Crippen molar-refractivity contribution in [3.8, 4) is 17.2 Å². The molecule has 0 aliphatic carbocycles. The van der Waals surface area contributed by atoms with Crippen LogP contribution >= 0.6 is 0 Å². The Kier molecular flexibility index (Phi) is 5.78. The summed E-state index contributed by atoms with van der Waals surface area (Å²) in [5, 5.41) is 13.9. The lowest BCUT2D eigenvalue weighted by Gasteiger charge is -2.09. The summed E-state index contributed by atoms with van der Waals surface area (Å²) in [5.41, 5.74) is 2.28. The van der Waals surface area contributed by atoms with E-state index >= 15 is 0 Å². The molecule has 2 aromatic rings. The van der Waals surface area contributed by atoms with Gasteiger partial charge in [-0.25, -0.2) is 0 Å². The summed E-state index contributed by atoms with van der Waals surface area (Å²) in [6, 6.07) is 8.65. The summed E-state index contributed by atoms with van der Waals surface area (Å²) >= 11 is 0. The van der Waals surface area contributed by atoms with Gasteiger partial charge in [0.1, 0.15) is 12.4 Å². The Balaban J connectivity index is 1.55. The van der Waals surface area contributed by atoms with E-state index in [9.17, 15) is 14.9 Å². The molecule has 8 heteroatoms. The minimum atomic E-state index is -0.530. The standard InChI is InChI=1S/C20H20N2O6/c1-13-3-5-17(14(2)9-13)26-8-7-21-20(23)6-4-15-10-18-19(28-12-27-18)11-16(15)22(24)25/h3-6,9-11H,7-8,12H2,1-2H3,(H,21,23)/b6-4+. The van der Waals surface area contributed by atoms with Crippen LogP contribution in [0.15, 0.2) is 36.4 Å². The van der Waals surface area contributed by atoms with Crippen molar-refractivity contribution in [1.29, 1.82) is 0 Å². The summed E-state index contributed by atoms with van der Waals surface area (Å²) in [6.45, 7) is 4.60. The van der Waals surface area contributed by atoms with Crippen molar-refractivity contribution in [3.05, 3.63) is 63.2 Å². The van der Waals surface area contributed by atoms with Crippen LogP contribution in [0.3, 0.4) is 0 Å². The molecule has 3 rings (SSSR count). The van der Waals surface area contributed by atoms with Gasteiger partial charge in [0.15, 0.2) is 11.5 Å². The molecule has 0 saturated carbocycles. The number of hydrogen-bond donors (Lipinski definition) is 1. The third-order valence-corrected chi connectivity index (χ3v) is 4.12. The number of nitrogens with zero attached hydrogens (tertiary/aromatic N) is 1. The molecule has 1 aliphatic heterocycles. The highest BCUT2D eigenvalue weighted by molar-refractivity contribution is 5.92. The van der Waals surface area contributed by atoms with Crippen LogP contribution in [-0.2, 0) is 4.79 Å². The zero-order chi connectivity index (χ0) is 20.1. The van der Waals surface area contributed by atoms with Gasteiger partial charge in [-0.3, -0.25) is 14.9 Å². The van der Waals surface area contributed by atoms with E-state index in [4.69, 9.17) is 14.2 Å². The van der Waals surface area contributed by atoms with E-state index in [0.717, 1.165) is 16.9 Å².